The van der Waals surface area contributed by atoms with Gasteiger partial charge in [0, 0.05) is 17.8 Å². The molecule has 1 N–H and O–H groups in total. The van der Waals surface area contributed by atoms with Gasteiger partial charge in [0.2, 0.25) is 5.91 Å². The molecule has 0 radical (unpaired) electrons. The summed E-state index contributed by atoms with van der Waals surface area (Å²) in [6.07, 6.45) is -3.84. The Labute approximate surface area is 167 Å². The van der Waals surface area contributed by atoms with Crippen molar-refractivity contribution in [1.82, 2.24) is 4.90 Å². The highest BCUT2D eigenvalue weighted by molar-refractivity contribution is 5.98. The number of amides is 1. The third-order valence-electron chi connectivity index (χ3n) is 5.18. The number of likely N-dealkylation sites (tertiary alicyclic amines) is 1. The smallest absolute Gasteiger partial charge is 0.324 e. The second-order valence-corrected chi connectivity index (χ2v) is 7.32. The molecule has 0 aromatic heterocycles. The van der Waals surface area contributed by atoms with E-state index in [9.17, 15) is 22.8 Å². The Morgan fingerprint density at radius 1 is 1.10 bits per heavy atom. The lowest BCUT2D eigenvalue weighted by Gasteiger charge is -2.38. The number of ketones is 1. The molecule has 2 atom stereocenters. The van der Waals surface area contributed by atoms with Gasteiger partial charge in [0.05, 0.1) is 5.92 Å². The summed E-state index contributed by atoms with van der Waals surface area (Å²) in [4.78, 5) is 26.3. The number of Topliss-reactive ketones (excluding diaryl/α,β-unsaturated/α-hetero) is 1. The zero-order valence-electron chi connectivity index (χ0n) is 16.1. The number of hydrogen-bond acceptors (Lipinski definition) is 3. The molecule has 1 fully saturated rings. The van der Waals surface area contributed by atoms with Gasteiger partial charge < -0.3 is 5.32 Å². The molecule has 29 heavy (non-hydrogen) atoms. The van der Waals surface area contributed by atoms with Crippen molar-refractivity contribution in [3.63, 3.8) is 0 Å². The fraction of sp³-hybridized carbons (Fsp3) is 0.364. The molecule has 2 aromatic carbocycles. The summed E-state index contributed by atoms with van der Waals surface area (Å²) >= 11 is 0. The van der Waals surface area contributed by atoms with Gasteiger partial charge in [-0.3, -0.25) is 14.5 Å². The van der Waals surface area contributed by atoms with E-state index in [0.717, 1.165) is 0 Å². The van der Waals surface area contributed by atoms with Crippen LogP contribution in [0.5, 0.6) is 0 Å². The van der Waals surface area contributed by atoms with Gasteiger partial charge >= 0.3 is 6.18 Å². The molecule has 0 bridgehead atoms. The molecule has 3 rings (SSSR count). The summed E-state index contributed by atoms with van der Waals surface area (Å²) in [7, 11) is 0. The Balaban J connectivity index is 1.87. The van der Waals surface area contributed by atoms with Crippen molar-refractivity contribution in [2.75, 3.05) is 18.4 Å². The average Bonchev–Trinajstić information content (AvgIpc) is 2.69. The minimum absolute atomic E-state index is 0.0732. The fourth-order valence-electron chi connectivity index (χ4n) is 3.70. The molecule has 1 heterocycles. The summed E-state index contributed by atoms with van der Waals surface area (Å²) < 4.78 is 39.9. The second kappa shape index (κ2) is 8.78. The molecular weight excluding hydrogens is 381 g/mol. The molecule has 4 nitrogen and oxygen atoms in total. The summed E-state index contributed by atoms with van der Waals surface area (Å²) in [5, 5.41) is 2.77. The van der Waals surface area contributed by atoms with E-state index in [0.29, 0.717) is 29.8 Å². The maximum absolute atomic E-state index is 13.3. The van der Waals surface area contributed by atoms with E-state index in [-0.39, 0.29) is 18.7 Å². The molecular formula is C22H23F3N2O2. The topological polar surface area (TPSA) is 49.4 Å². The van der Waals surface area contributed by atoms with Gasteiger partial charge in [-0.25, -0.2) is 0 Å². The molecule has 7 heteroatoms. The Bertz CT molecular complexity index is 868. The zero-order valence-corrected chi connectivity index (χ0v) is 16.1. The predicted octanol–water partition coefficient (Wildman–Crippen LogP) is 4.84. The Morgan fingerprint density at radius 2 is 1.83 bits per heavy atom. The lowest BCUT2D eigenvalue weighted by atomic mass is 9.94. The van der Waals surface area contributed by atoms with Gasteiger partial charge in [-0.1, -0.05) is 42.5 Å². The van der Waals surface area contributed by atoms with Crippen molar-refractivity contribution >= 4 is 17.4 Å². The van der Waals surface area contributed by atoms with Gasteiger partial charge in [-0.05, 0) is 44.0 Å². The third-order valence-corrected chi connectivity index (χ3v) is 5.18. The summed E-state index contributed by atoms with van der Waals surface area (Å²) in [6.45, 7) is 1.62. The van der Waals surface area contributed by atoms with E-state index in [2.05, 4.69) is 5.32 Å². The highest BCUT2D eigenvalue weighted by atomic mass is 19.4. The minimum atomic E-state index is -4.29. The molecule has 1 amide bonds. The van der Waals surface area contributed by atoms with Crippen LogP contribution in [0.3, 0.4) is 0 Å². The van der Waals surface area contributed by atoms with Crippen molar-refractivity contribution in [3.8, 4) is 0 Å². The van der Waals surface area contributed by atoms with E-state index in [1.807, 2.05) is 0 Å². The normalized spacial score (nSPS) is 18.8. The Morgan fingerprint density at radius 3 is 2.48 bits per heavy atom. The third kappa shape index (κ3) is 5.23. The molecule has 1 aliphatic heterocycles. The van der Waals surface area contributed by atoms with Gasteiger partial charge in [-0.2, -0.15) is 13.2 Å². The van der Waals surface area contributed by atoms with Crippen LogP contribution in [0.1, 0.15) is 41.7 Å². The van der Waals surface area contributed by atoms with Gasteiger partial charge in [0.25, 0.3) is 0 Å². The summed E-state index contributed by atoms with van der Waals surface area (Å²) in [5.74, 6) is -2.00. The zero-order chi connectivity index (χ0) is 21.0. The number of halogens is 3. The van der Waals surface area contributed by atoms with Crippen LogP contribution in [0.4, 0.5) is 18.9 Å². The number of anilines is 1. The first-order valence-electron chi connectivity index (χ1n) is 9.53. The van der Waals surface area contributed by atoms with Crippen LogP contribution in [-0.2, 0) is 4.79 Å². The number of nitrogens with zero attached hydrogens (tertiary/aromatic N) is 1. The summed E-state index contributed by atoms with van der Waals surface area (Å²) in [5.41, 5.74) is 1.53. The van der Waals surface area contributed by atoms with E-state index >= 15 is 0 Å². The van der Waals surface area contributed by atoms with Gasteiger partial charge in [-0.15, -0.1) is 0 Å². The van der Waals surface area contributed by atoms with E-state index < -0.39 is 24.0 Å². The molecule has 154 valence electrons. The maximum atomic E-state index is 13.3. The number of piperidine rings is 1. The second-order valence-electron chi connectivity index (χ2n) is 7.32. The van der Waals surface area contributed by atoms with Crippen LogP contribution in [0, 0.1) is 5.92 Å². The van der Waals surface area contributed by atoms with Crippen LogP contribution < -0.4 is 5.32 Å². The van der Waals surface area contributed by atoms with E-state index in [1.165, 1.54) is 6.92 Å². The van der Waals surface area contributed by atoms with Crippen LogP contribution >= 0.6 is 0 Å². The highest BCUT2D eigenvalue weighted by Crippen LogP contribution is 2.36. The Kier molecular flexibility index (Phi) is 6.37. The van der Waals surface area contributed by atoms with Crippen LogP contribution in [0.25, 0.3) is 0 Å². The number of benzene rings is 2. The predicted molar refractivity (Wildman–Crippen MR) is 105 cm³/mol. The van der Waals surface area contributed by atoms with Crippen LogP contribution in [-0.4, -0.2) is 35.9 Å². The monoisotopic (exact) mass is 404 g/mol. The van der Waals surface area contributed by atoms with E-state index in [4.69, 9.17) is 0 Å². The number of nitrogens with one attached hydrogen (secondary N) is 1. The van der Waals surface area contributed by atoms with Crippen molar-refractivity contribution in [3.05, 3.63) is 65.7 Å². The number of carbonyl (C=O) groups is 2. The summed E-state index contributed by atoms with van der Waals surface area (Å²) in [6, 6.07) is 14.5. The number of alkyl halides is 3. The molecule has 2 unspecified atom stereocenters. The molecule has 0 saturated carbocycles. The SMILES string of the molecule is CC(=O)c1cccc(NC(=O)C(c2ccccc2)N2CCCC(C(F)(F)F)C2)c1. The fourth-order valence-corrected chi connectivity index (χ4v) is 3.70. The first-order valence-corrected chi connectivity index (χ1v) is 9.53. The van der Waals surface area contributed by atoms with Crippen LogP contribution in [0.15, 0.2) is 54.6 Å². The number of hydrogen-bond donors (Lipinski definition) is 1. The Hall–Kier alpha value is -2.67. The van der Waals surface area contributed by atoms with Gasteiger partial charge in [0.15, 0.2) is 5.78 Å². The molecule has 2 aromatic rings. The minimum Gasteiger partial charge on any atom is -0.324 e. The van der Waals surface area contributed by atoms with Crippen molar-refractivity contribution in [2.45, 2.75) is 32.0 Å². The highest BCUT2D eigenvalue weighted by Gasteiger charge is 2.44. The largest absolute Gasteiger partial charge is 0.393 e. The maximum Gasteiger partial charge on any atom is 0.393 e. The molecule has 0 spiro atoms. The van der Waals surface area contributed by atoms with Crippen molar-refractivity contribution in [1.29, 1.82) is 0 Å². The van der Waals surface area contributed by atoms with Crippen LogP contribution in [0.2, 0.25) is 0 Å². The van der Waals surface area contributed by atoms with E-state index in [1.54, 1.807) is 59.5 Å². The molecule has 1 aliphatic rings. The average molecular weight is 404 g/mol. The van der Waals surface area contributed by atoms with Gasteiger partial charge in [0.1, 0.15) is 6.04 Å². The number of rotatable bonds is 5. The lowest BCUT2D eigenvalue weighted by molar-refractivity contribution is -0.189. The molecule has 1 saturated heterocycles. The first-order chi connectivity index (χ1) is 13.8. The van der Waals surface area contributed by atoms with Crippen molar-refractivity contribution < 1.29 is 22.8 Å². The quantitative estimate of drug-likeness (QED) is 0.726. The molecule has 0 aliphatic carbocycles. The first kappa shape index (κ1) is 21.0. The number of carbonyl (C=O) groups excluding carboxylic acids is 2. The lowest BCUT2D eigenvalue weighted by Crippen LogP contribution is -2.46. The van der Waals surface area contributed by atoms with Crippen molar-refractivity contribution in [2.24, 2.45) is 5.92 Å². The standard InChI is InChI=1S/C22H23F3N2O2/c1-15(28)17-9-5-11-19(13-17)26-21(29)20(16-7-3-2-4-8-16)27-12-6-10-18(14-27)22(23,24)25/h2-5,7-9,11,13,18,20H,6,10,12,14H2,1H3,(H,26,29).